The summed E-state index contributed by atoms with van der Waals surface area (Å²) in [5.74, 6) is 2.35. The molecule has 1 aromatic heterocycles. The van der Waals surface area contributed by atoms with Crippen LogP contribution in [0.15, 0.2) is 48.5 Å². The number of aromatic amines is 1. The number of hydrogen-bond donors (Lipinski definition) is 1. The van der Waals surface area contributed by atoms with Crippen LogP contribution in [-0.4, -0.2) is 22.5 Å². The summed E-state index contributed by atoms with van der Waals surface area (Å²) in [4.78, 5) is 7.89. The molecule has 0 fully saturated rings. The molecule has 0 aliphatic heterocycles. The van der Waals surface area contributed by atoms with Crippen molar-refractivity contribution in [3.05, 3.63) is 48.5 Å². The van der Waals surface area contributed by atoms with Crippen molar-refractivity contribution in [3.63, 3.8) is 0 Å². The summed E-state index contributed by atoms with van der Waals surface area (Å²) >= 11 is 5.62. The molecule has 20 heavy (non-hydrogen) atoms. The number of fused-ring (bicyclic) bond motifs is 1. The fraction of sp³-hybridized carbons (Fsp3) is 0.188. The van der Waals surface area contributed by atoms with Crippen LogP contribution in [0.1, 0.15) is 6.42 Å². The number of H-pyrrole nitrogens is 1. The zero-order chi connectivity index (χ0) is 13.8. The lowest BCUT2D eigenvalue weighted by molar-refractivity contribution is 0.318. The number of alkyl halides is 1. The second-order valence-electron chi connectivity index (χ2n) is 4.52. The van der Waals surface area contributed by atoms with Crippen LogP contribution in [0, 0.1) is 0 Å². The van der Waals surface area contributed by atoms with Crippen LogP contribution >= 0.6 is 11.6 Å². The molecule has 3 rings (SSSR count). The molecule has 0 aliphatic carbocycles. The quantitative estimate of drug-likeness (QED) is 0.563. The fourth-order valence-electron chi connectivity index (χ4n) is 2.04. The van der Waals surface area contributed by atoms with Gasteiger partial charge in [0.1, 0.15) is 11.6 Å². The molecule has 0 spiro atoms. The largest absolute Gasteiger partial charge is 0.494 e. The van der Waals surface area contributed by atoms with Crippen molar-refractivity contribution in [2.75, 3.05) is 12.5 Å². The minimum Gasteiger partial charge on any atom is -0.494 e. The molecule has 0 amide bonds. The molecule has 3 aromatic rings. The van der Waals surface area contributed by atoms with E-state index in [4.69, 9.17) is 16.3 Å². The zero-order valence-corrected chi connectivity index (χ0v) is 11.7. The van der Waals surface area contributed by atoms with Gasteiger partial charge >= 0.3 is 0 Å². The minimum absolute atomic E-state index is 0.622. The van der Waals surface area contributed by atoms with Crippen LogP contribution in [0.25, 0.3) is 22.4 Å². The number of aromatic nitrogens is 2. The van der Waals surface area contributed by atoms with Gasteiger partial charge in [-0.25, -0.2) is 4.98 Å². The Labute approximate surface area is 122 Å². The normalized spacial score (nSPS) is 10.8. The number of imidazole rings is 1. The Hall–Kier alpha value is -2.00. The van der Waals surface area contributed by atoms with Gasteiger partial charge in [0.2, 0.25) is 0 Å². The van der Waals surface area contributed by atoms with Gasteiger partial charge in [0.15, 0.2) is 0 Å². The van der Waals surface area contributed by atoms with E-state index in [9.17, 15) is 0 Å². The van der Waals surface area contributed by atoms with Crippen LogP contribution < -0.4 is 4.74 Å². The maximum Gasteiger partial charge on any atom is 0.138 e. The summed E-state index contributed by atoms with van der Waals surface area (Å²) in [5, 5.41) is 0. The highest BCUT2D eigenvalue weighted by atomic mass is 35.5. The second kappa shape index (κ2) is 5.97. The van der Waals surface area contributed by atoms with E-state index in [-0.39, 0.29) is 0 Å². The highest BCUT2D eigenvalue weighted by Gasteiger charge is 2.04. The average molecular weight is 287 g/mol. The summed E-state index contributed by atoms with van der Waals surface area (Å²) in [6.07, 6.45) is 0.854. The third kappa shape index (κ3) is 2.78. The molecule has 0 saturated heterocycles. The molecule has 1 heterocycles. The van der Waals surface area contributed by atoms with Gasteiger partial charge in [-0.3, -0.25) is 0 Å². The second-order valence-corrected chi connectivity index (χ2v) is 4.90. The monoisotopic (exact) mass is 286 g/mol. The third-order valence-corrected chi connectivity index (χ3v) is 3.33. The van der Waals surface area contributed by atoms with E-state index in [2.05, 4.69) is 9.97 Å². The van der Waals surface area contributed by atoms with E-state index >= 15 is 0 Å². The van der Waals surface area contributed by atoms with E-state index in [1.807, 2.05) is 48.5 Å². The summed E-state index contributed by atoms with van der Waals surface area (Å²) in [7, 11) is 0. The fourth-order valence-corrected chi connectivity index (χ4v) is 2.15. The van der Waals surface area contributed by atoms with Crippen LogP contribution in [0.4, 0.5) is 0 Å². The van der Waals surface area contributed by atoms with Gasteiger partial charge in [0.05, 0.1) is 17.6 Å². The molecular formula is C16H15ClN2O. The van der Waals surface area contributed by atoms with Crippen molar-refractivity contribution in [1.29, 1.82) is 0 Å². The molecule has 2 aromatic carbocycles. The maximum atomic E-state index is 5.62. The van der Waals surface area contributed by atoms with Crippen molar-refractivity contribution in [1.82, 2.24) is 9.97 Å². The first kappa shape index (κ1) is 13.0. The van der Waals surface area contributed by atoms with Crippen LogP contribution in [0.3, 0.4) is 0 Å². The number of hydrogen-bond acceptors (Lipinski definition) is 2. The first-order valence-corrected chi connectivity index (χ1v) is 7.14. The van der Waals surface area contributed by atoms with Crippen LogP contribution in [-0.2, 0) is 0 Å². The van der Waals surface area contributed by atoms with Gasteiger partial charge in [-0.15, -0.1) is 11.6 Å². The molecule has 0 unspecified atom stereocenters. The van der Waals surface area contributed by atoms with Gasteiger partial charge in [-0.2, -0.15) is 0 Å². The molecule has 0 bridgehead atoms. The Morgan fingerprint density at radius 1 is 1.05 bits per heavy atom. The number of rotatable bonds is 5. The zero-order valence-electron chi connectivity index (χ0n) is 11.0. The van der Waals surface area contributed by atoms with Crippen molar-refractivity contribution in [3.8, 4) is 17.1 Å². The number of benzene rings is 2. The molecule has 0 aliphatic rings. The predicted molar refractivity (Wildman–Crippen MR) is 82.4 cm³/mol. The molecule has 4 heteroatoms. The first-order chi connectivity index (χ1) is 9.86. The van der Waals surface area contributed by atoms with Gasteiger partial charge in [0, 0.05) is 11.4 Å². The van der Waals surface area contributed by atoms with Crippen LogP contribution in [0.5, 0.6) is 5.75 Å². The Balaban J connectivity index is 1.79. The van der Waals surface area contributed by atoms with Gasteiger partial charge < -0.3 is 9.72 Å². The van der Waals surface area contributed by atoms with Crippen molar-refractivity contribution >= 4 is 22.6 Å². The summed E-state index contributed by atoms with van der Waals surface area (Å²) in [5.41, 5.74) is 3.07. The number of nitrogens with zero attached hydrogens (tertiary/aromatic N) is 1. The van der Waals surface area contributed by atoms with Crippen molar-refractivity contribution in [2.24, 2.45) is 0 Å². The molecule has 102 valence electrons. The maximum absolute atomic E-state index is 5.62. The standard InChI is InChI=1S/C16H15ClN2O/c17-10-3-11-20-13-8-6-12(7-9-13)16-18-14-4-1-2-5-15(14)19-16/h1-2,4-9H,3,10-11H2,(H,18,19). The topological polar surface area (TPSA) is 37.9 Å². The summed E-state index contributed by atoms with van der Waals surface area (Å²) in [6.45, 7) is 0.646. The highest BCUT2D eigenvalue weighted by Crippen LogP contribution is 2.22. The van der Waals surface area contributed by atoms with E-state index < -0.39 is 0 Å². The number of nitrogens with one attached hydrogen (secondary N) is 1. The van der Waals surface area contributed by atoms with E-state index in [0.717, 1.165) is 34.6 Å². The minimum atomic E-state index is 0.622. The van der Waals surface area contributed by atoms with E-state index in [1.54, 1.807) is 0 Å². The summed E-state index contributed by atoms with van der Waals surface area (Å²) in [6, 6.07) is 15.9. The lowest BCUT2D eigenvalue weighted by Gasteiger charge is -2.05. The molecule has 0 radical (unpaired) electrons. The molecule has 0 saturated carbocycles. The number of ether oxygens (including phenoxy) is 1. The van der Waals surface area contributed by atoms with E-state index in [0.29, 0.717) is 12.5 Å². The molecule has 1 N–H and O–H groups in total. The molecular weight excluding hydrogens is 272 g/mol. The Morgan fingerprint density at radius 2 is 1.85 bits per heavy atom. The van der Waals surface area contributed by atoms with Crippen LogP contribution in [0.2, 0.25) is 0 Å². The number of para-hydroxylation sites is 2. The number of halogens is 1. The Morgan fingerprint density at radius 3 is 2.60 bits per heavy atom. The molecule has 0 atom stereocenters. The Bertz CT molecular complexity index is 658. The lowest BCUT2D eigenvalue weighted by Crippen LogP contribution is -1.97. The van der Waals surface area contributed by atoms with Crippen molar-refractivity contribution in [2.45, 2.75) is 6.42 Å². The van der Waals surface area contributed by atoms with Crippen molar-refractivity contribution < 1.29 is 4.74 Å². The molecule has 3 nitrogen and oxygen atoms in total. The van der Waals surface area contributed by atoms with Gasteiger partial charge in [-0.05, 0) is 42.8 Å². The summed E-state index contributed by atoms with van der Waals surface area (Å²) < 4.78 is 5.58. The average Bonchev–Trinajstić information content (AvgIpc) is 2.92. The smallest absolute Gasteiger partial charge is 0.138 e. The van der Waals surface area contributed by atoms with E-state index in [1.165, 1.54) is 0 Å². The third-order valence-electron chi connectivity index (χ3n) is 3.06. The first-order valence-electron chi connectivity index (χ1n) is 6.61. The highest BCUT2D eigenvalue weighted by molar-refractivity contribution is 6.17. The van der Waals surface area contributed by atoms with Gasteiger partial charge in [-0.1, -0.05) is 12.1 Å². The Kier molecular flexibility index (Phi) is 3.88. The lowest BCUT2D eigenvalue weighted by atomic mass is 10.2. The van der Waals surface area contributed by atoms with Gasteiger partial charge in [0.25, 0.3) is 0 Å². The SMILES string of the molecule is ClCCCOc1ccc(-c2nc3ccccc3[nH]2)cc1. The predicted octanol–water partition coefficient (Wildman–Crippen LogP) is 4.24.